The van der Waals surface area contributed by atoms with E-state index < -0.39 is 9.84 Å². The van der Waals surface area contributed by atoms with Gasteiger partial charge >= 0.3 is 0 Å². The Morgan fingerprint density at radius 2 is 1.88 bits per heavy atom. The van der Waals surface area contributed by atoms with Gasteiger partial charge in [0.25, 0.3) is 0 Å². The summed E-state index contributed by atoms with van der Waals surface area (Å²) in [6.45, 7) is 7.03. The summed E-state index contributed by atoms with van der Waals surface area (Å²) in [6.07, 6.45) is 5.38. The number of nitrogens with one attached hydrogen (secondary N) is 1. The topological polar surface area (TPSA) is 86.8 Å². The van der Waals surface area contributed by atoms with Gasteiger partial charge in [0.1, 0.15) is 9.84 Å². The summed E-state index contributed by atoms with van der Waals surface area (Å²) >= 11 is 6.32. The number of hydrogen-bond acceptors (Lipinski definition) is 5. The van der Waals surface area contributed by atoms with Gasteiger partial charge in [-0.15, -0.1) is 0 Å². The van der Waals surface area contributed by atoms with Crippen molar-refractivity contribution in [2.45, 2.75) is 58.5 Å². The standard InChI is InChI=1S/C23H34ClN3O4S/c1-16-14-26(9-10-27(16)23(29)18-6-4-5-7-18)15-19-12-20(24)13-21(17(19)2)25-22(28)8-11-32(3,30)31/h12-13,16,18H,4-11,14-15H2,1-3H3,(H,25,28)/t16-/m0/s1. The molecule has 1 aromatic rings. The Hall–Kier alpha value is -1.64. The number of amides is 2. The van der Waals surface area contributed by atoms with E-state index in [2.05, 4.69) is 17.1 Å². The fraction of sp³-hybridized carbons (Fsp3) is 0.652. The molecule has 0 bridgehead atoms. The van der Waals surface area contributed by atoms with Crippen molar-refractivity contribution in [3.63, 3.8) is 0 Å². The molecule has 1 atom stereocenters. The van der Waals surface area contributed by atoms with E-state index in [-0.39, 0.29) is 30.0 Å². The normalized spacial score (nSPS) is 20.5. The van der Waals surface area contributed by atoms with Gasteiger partial charge in [-0.3, -0.25) is 14.5 Å². The number of halogens is 1. The Bertz CT molecular complexity index is 960. The molecule has 0 radical (unpaired) electrons. The maximum atomic E-state index is 12.8. The summed E-state index contributed by atoms with van der Waals surface area (Å²) in [6, 6.07) is 3.76. The third-order valence-corrected chi connectivity index (χ3v) is 7.71. The molecule has 1 N–H and O–H groups in total. The van der Waals surface area contributed by atoms with Gasteiger partial charge in [-0.05, 0) is 49.9 Å². The van der Waals surface area contributed by atoms with Gasteiger partial charge < -0.3 is 10.2 Å². The van der Waals surface area contributed by atoms with Gasteiger partial charge in [0.15, 0.2) is 0 Å². The van der Waals surface area contributed by atoms with Crippen molar-refractivity contribution < 1.29 is 18.0 Å². The van der Waals surface area contributed by atoms with Crippen LogP contribution in [0.4, 0.5) is 5.69 Å². The van der Waals surface area contributed by atoms with Gasteiger partial charge in [0.2, 0.25) is 11.8 Å². The second kappa shape index (κ2) is 10.5. The number of sulfone groups is 1. The van der Waals surface area contributed by atoms with E-state index in [0.29, 0.717) is 23.2 Å². The van der Waals surface area contributed by atoms with Crippen LogP contribution >= 0.6 is 11.6 Å². The Kier molecular flexibility index (Phi) is 8.22. The van der Waals surface area contributed by atoms with Crippen LogP contribution in [0, 0.1) is 12.8 Å². The van der Waals surface area contributed by atoms with E-state index in [1.165, 1.54) is 0 Å². The van der Waals surface area contributed by atoms with Crippen LogP contribution in [0.2, 0.25) is 5.02 Å². The number of carbonyl (C=O) groups excluding carboxylic acids is 2. The number of anilines is 1. The zero-order chi connectivity index (χ0) is 23.5. The van der Waals surface area contributed by atoms with E-state index in [4.69, 9.17) is 11.6 Å². The first-order chi connectivity index (χ1) is 15.0. The van der Waals surface area contributed by atoms with Crippen molar-refractivity contribution >= 4 is 38.9 Å². The van der Waals surface area contributed by atoms with Gasteiger partial charge in [-0.2, -0.15) is 0 Å². The largest absolute Gasteiger partial charge is 0.337 e. The number of nitrogens with zero attached hydrogens (tertiary/aromatic N) is 2. The van der Waals surface area contributed by atoms with Crippen molar-refractivity contribution in [1.82, 2.24) is 9.80 Å². The number of carbonyl (C=O) groups is 2. The lowest BCUT2D eigenvalue weighted by Crippen LogP contribution is -2.54. The van der Waals surface area contributed by atoms with Gasteiger partial charge in [0.05, 0.1) is 5.75 Å². The minimum Gasteiger partial charge on any atom is -0.337 e. The Labute approximate surface area is 196 Å². The Balaban J connectivity index is 1.62. The van der Waals surface area contributed by atoms with E-state index >= 15 is 0 Å². The lowest BCUT2D eigenvalue weighted by Gasteiger charge is -2.41. The first kappa shape index (κ1) is 25.0. The van der Waals surface area contributed by atoms with E-state index in [0.717, 1.165) is 62.7 Å². The lowest BCUT2D eigenvalue weighted by atomic mass is 10.0. The van der Waals surface area contributed by atoms with Crippen LogP contribution in [0.25, 0.3) is 0 Å². The summed E-state index contributed by atoms with van der Waals surface area (Å²) < 4.78 is 22.6. The van der Waals surface area contributed by atoms with E-state index in [1.54, 1.807) is 6.07 Å². The zero-order valence-electron chi connectivity index (χ0n) is 19.2. The SMILES string of the molecule is Cc1c(CN2CCN(C(=O)C3CCCC3)[C@@H](C)C2)cc(Cl)cc1NC(=O)CCS(C)(=O)=O. The molecule has 7 nitrogen and oxygen atoms in total. The summed E-state index contributed by atoms with van der Waals surface area (Å²) in [4.78, 5) is 29.4. The minimum absolute atomic E-state index is 0.0887. The first-order valence-corrected chi connectivity index (χ1v) is 13.8. The van der Waals surface area contributed by atoms with Crippen molar-refractivity contribution in [1.29, 1.82) is 0 Å². The number of piperazine rings is 1. The van der Waals surface area contributed by atoms with Crippen molar-refractivity contribution in [3.8, 4) is 0 Å². The molecular weight excluding hydrogens is 450 g/mol. The highest BCUT2D eigenvalue weighted by molar-refractivity contribution is 7.90. The molecule has 1 aromatic carbocycles. The molecule has 0 spiro atoms. The lowest BCUT2D eigenvalue weighted by molar-refractivity contribution is -0.140. The molecule has 0 unspecified atom stereocenters. The highest BCUT2D eigenvalue weighted by Gasteiger charge is 2.33. The maximum Gasteiger partial charge on any atom is 0.226 e. The van der Waals surface area contributed by atoms with E-state index in [1.807, 2.05) is 17.9 Å². The molecule has 3 rings (SSSR count). The molecule has 1 saturated heterocycles. The molecule has 9 heteroatoms. The molecule has 32 heavy (non-hydrogen) atoms. The highest BCUT2D eigenvalue weighted by Crippen LogP contribution is 2.29. The van der Waals surface area contributed by atoms with Crippen molar-refractivity contribution in [2.75, 3.05) is 37.0 Å². The third kappa shape index (κ3) is 6.68. The van der Waals surface area contributed by atoms with Gasteiger partial charge in [-0.25, -0.2) is 8.42 Å². The summed E-state index contributed by atoms with van der Waals surface area (Å²) in [7, 11) is -3.20. The van der Waals surface area contributed by atoms with Crippen LogP contribution in [0.15, 0.2) is 12.1 Å². The molecule has 1 aliphatic heterocycles. The fourth-order valence-electron chi connectivity index (χ4n) is 4.67. The third-order valence-electron chi connectivity index (χ3n) is 6.55. The van der Waals surface area contributed by atoms with Crippen LogP contribution in [0.1, 0.15) is 50.2 Å². The average molecular weight is 484 g/mol. The van der Waals surface area contributed by atoms with Gasteiger partial charge in [-0.1, -0.05) is 24.4 Å². The number of hydrogen-bond donors (Lipinski definition) is 1. The molecule has 2 aliphatic rings. The van der Waals surface area contributed by atoms with Crippen LogP contribution in [-0.2, 0) is 26.0 Å². The zero-order valence-corrected chi connectivity index (χ0v) is 20.8. The first-order valence-electron chi connectivity index (χ1n) is 11.3. The van der Waals surface area contributed by atoms with Crippen molar-refractivity contribution in [2.24, 2.45) is 5.92 Å². The van der Waals surface area contributed by atoms with Crippen LogP contribution in [0.3, 0.4) is 0 Å². The molecule has 1 aliphatic carbocycles. The van der Waals surface area contributed by atoms with Crippen LogP contribution < -0.4 is 5.32 Å². The number of rotatable bonds is 7. The highest BCUT2D eigenvalue weighted by atomic mass is 35.5. The molecule has 1 saturated carbocycles. The predicted octanol–water partition coefficient (Wildman–Crippen LogP) is 3.24. The Morgan fingerprint density at radius 3 is 2.50 bits per heavy atom. The minimum atomic E-state index is -3.20. The summed E-state index contributed by atoms with van der Waals surface area (Å²) in [5.41, 5.74) is 2.53. The second-order valence-electron chi connectivity index (χ2n) is 9.26. The predicted molar refractivity (Wildman–Crippen MR) is 128 cm³/mol. The monoisotopic (exact) mass is 483 g/mol. The second-order valence-corrected chi connectivity index (χ2v) is 12.0. The van der Waals surface area contributed by atoms with E-state index in [9.17, 15) is 18.0 Å². The smallest absolute Gasteiger partial charge is 0.226 e. The molecule has 0 aromatic heterocycles. The molecule has 178 valence electrons. The Morgan fingerprint density at radius 1 is 1.19 bits per heavy atom. The number of benzene rings is 1. The fourth-order valence-corrected chi connectivity index (χ4v) is 5.47. The molecule has 2 amide bonds. The molecule has 2 fully saturated rings. The summed E-state index contributed by atoms with van der Waals surface area (Å²) in [5.74, 6) is -0.0207. The van der Waals surface area contributed by atoms with Crippen LogP contribution in [0.5, 0.6) is 0 Å². The molecular formula is C23H34ClN3O4S. The quantitative estimate of drug-likeness (QED) is 0.643. The summed E-state index contributed by atoms with van der Waals surface area (Å²) in [5, 5.41) is 3.32. The molecule has 1 heterocycles. The van der Waals surface area contributed by atoms with Gasteiger partial charge in [0, 0.05) is 61.5 Å². The maximum absolute atomic E-state index is 12.8. The average Bonchev–Trinajstić information content (AvgIpc) is 3.24. The van der Waals surface area contributed by atoms with Crippen molar-refractivity contribution in [3.05, 3.63) is 28.3 Å². The van der Waals surface area contributed by atoms with Crippen LogP contribution in [-0.4, -0.2) is 67.7 Å².